The predicted molar refractivity (Wildman–Crippen MR) is 69.7 cm³/mol. The van der Waals surface area contributed by atoms with Gasteiger partial charge in [-0.25, -0.2) is 4.98 Å². The van der Waals surface area contributed by atoms with Gasteiger partial charge in [0, 0.05) is 6.54 Å². The molecule has 1 rings (SSSR count). The molecule has 1 aromatic heterocycles. The number of aliphatic carboxylic acids is 1. The molecule has 17 heavy (non-hydrogen) atoms. The first-order chi connectivity index (χ1) is 8.04. The molecular weight excluding hydrogens is 284 g/mol. The van der Waals surface area contributed by atoms with Crippen LogP contribution in [0.2, 0.25) is 0 Å². The van der Waals surface area contributed by atoms with Gasteiger partial charge >= 0.3 is 5.97 Å². The summed E-state index contributed by atoms with van der Waals surface area (Å²) >= 11 is 3.29. The summed E-state index contributed by atoms with van der Waals surface area (Å²) in [4.78, 5) is 15.3. The third kappa shape index (κ3) is 4.44. The van der Waals surface area contributed by atoms with Gasteiger partial charge in [-0.1, -0.05) is 26.3 Å². The second-order valence-corrected chi connectivity index (χ2v) is 4.85. The van der Waals surface area contributed by atoms with E-state index in [0.717, 1.165) is 16.7 Å². The van der Waals surface area contributed by atoms with Crippen LogP contribution in [-0.4, -0.2) is 22.1 Å². The van der Waals surface area contributed by atoms with E-state index in [1.807, 2.05) is 32.0 Å². The van der Waals surface area contributed by atoms with E-state index >= 15 is 0 Å². The highest BCUT2D eigenvalue weighted by Crippen LogP contribution is 2.10. The molecule has 1 aromatic rings. The van der Waals surface area contributed by atoms with E-state index in [4.69, 9.17) is 5.11 Å². The third-order valence-corrected chi connectivity index (χ3v) is 3.20. The number of hydrogen-bond donors (Lipinski definition) is 2. The number of carboxylic acids is 1. The van der Waals surface area contributed by atoms with Crippen molar-refractivity contribution in [3.05, 3.63) is 28.5 Å². The van der Waals surface area contributed by atoms with Crippen molar-refractivity contribution in [3.63, 3.8) is 0 Å². The zero-order valence-corrected chi connectivity index (χ0v) is 11.6. The van der Waals surface area contributed by atoms with Crippen molar-refractivity contribution >= 4 is 21.9 Å². The van der Waals surface area contributed by atoms with Crippen LogP contribution in [0, 0.1) is 5.92 Å². The first-order valence-electron chi connectivity index (χ1n) is 5.62. The predicted octanol–water partition coefficient (Wildman–Crippen LogP) is 2.43. The van der Waals surface area contributed by atoms with Crippen LogP contribution in [0.3, 0.4) is 0 Å². The fourth-order valence-electron chi connectivity index (χ4n) is 1.53. The first kappa shape index (κ1) is 14.1. The number of nitrogens with one attached hydrogen (secondary N) is 1. The smallest absolute Gasteiger partial charge is 0.320 e. The summed E-state index contributed by atoms with van der Waals surface area (Å²) in [6.45, 7) is 4.38. The van der Waals surface area contributed by atoms with E-state index in [2.05, 4.69) is 26.2 Å². The molecule has 2 atom stereocenters. The lowest BCUT2D eigenvalue weighted by Gasteiger charge is -2.19. The van der Waals surface area contributed by atoms with Crippen LogP contribution in [0.1, 0.15) is 26.0 Å². The Labute approximate surface area is 110 Å². The van der Waals surface area contributed by atoms with Gasteiger partial charge < -0.3 is 5.11 Å². The number of nitrogens with zero attached hydrogens (tertiary/aromatic N) is 1. The van der Waals surface area contributed by atoms with Crippen molar-refractivity contribution in [2.45, 2.75) is 32.9 Å². The number of hydrogen-bond acceptors (Lipinski definition) is 3. The topological polar surface area (TPSA) is 62.2 Å². The molecule has 4 nitrogen and oxygen atoms in total. The molecule has 0 aromatic carbocycles. The highest BCUT2D eigenvalue weighted by molar-refractivity contribution is 9.10. The molecule has 0 aliphatic carbocycles. The molecule has 0 saturated carbocycles. The van der Waals surface area contributed by atoms with Crippen molar-refractivity contribution in [1.82, 2.24) is 10.3 Å². The average Bonchev–Trinajstić information content (AvgIpc) is 2.28. The summed E-state index contributed by atoms with van der Waals surface area (Å²) in [7, 11) is 0. The Bertz CT molecular complexity index is 385. The SMILES string of the molecule is CCC(C)C(NCc1cccc(Br)n1)C(=O)O. The minimum atomic E-state index is -0.811. The minimum absolute atomic E-state index is 0.0969. The largest absolute Gasteiger partial charge is 0.480 e. The quantitative estimate of drug-likeness (QED) is 0.792. The van der Waals surface area contributed by atoms with Crippen LogP contribution in [0.4, 0.5) is 0 Å². The second-order valence-electron chi connectivity index (χ2n) is 4.03. The van der Waals surface area contributed by atoms with Crippen molar-refractivity contribution in [2.75, 3.05) is 0 Å². The van der Waals surface area contributed by atoms with Gasteiger partial charge in [0.1, 0.15) is 10.6 Å². The molecule has 5 heteroatoms. The molecule has 2 N–H and O–H groups in total. The zero-order chi connectivity index (χ0) is 12.8. The Balaban J connectivity index is 2.61. The summed E-state index contributed by atoms with van der Waals surface area (Å²) in [6.07, 6.45) is 0.829. The van der Waals surface area contributed by atoms with Gasteiger partial charge in [0.05, 0.1) is 5.69 Å². The normalized spacial score (nSPS) is 14.3. The number of rotatable bonds is 6. The van der Waals surface area contributed by atoms with Gasteiger partial charge in [0.25, 0.3) is 0 Å². The fraction of sp³-hybridized carbons (Fsp3) is 0.500. The minimum Gasteiger partial charge on any atom is -0.480 e. The number of aromatic nitrogens is 1. The maximum atomic E-state index is 11.1. The summed E-state index contributed by atoms with van der Waals surface area (Å²) in [5.41, 5.74) is 0.828. The fourth-order valence-corrected chi connectivity index (χ4v) is 1.91. The molecule has 0 radical (unpaired) electrons. The first-order valence-corrected chi connectivity index (χ1v) is 6.41. The van der Waals surface area contributed by atoms with Crippen LogP contribution in [0.25, 0.3) is 0 Å². The van der Waals surface area contributed by atoms with Crippen molar-refractivity contribution in [1.29, 1.82) is 0 Å². The maximum absolute atomic E-state index is 11.1. The van der Waals surface area contributed by atoms with Gasteiger partial charge in [-0.2, -0.15) is 0 Å². The van der Waals surface area contributed by atoms with E-state index in [1.54, 1.807) is 0 Å². The second kappa shape index (κ2) is 6.71. The summed E-state index contributed by atoms with van der Waals surface area (Å²) in [5, 5.41) is 12.1. The lowest BCUT2D eigenvalue weighted by molar-refractivity contribution is -0.140. The molecule has 0 bridgehead atoms. The molecule has 94 valence electrons. The molecular formula is C12H17BrN2O2. The molecule has 2 unspecified atom stereocenters. The molecule has 0 aliphatic heterocycles. The van der Waals surface area contributed by atoms with E-state index in [-0.39, 0.29) is 5.92 Å². The van der Waals surface area contributed by atoms with E-state index < -0.39 is 12.0 Å². The van der Waals surface area contributed by atoms with Crippen molar-refractivity contribution in [2.24, 2.45) is 5.92 Å². The third-order valence-electron chi connectivity index (χ3n) is 2.75. The molecule has 1 heterocycles. The Morgan fingerprint density at radius 3 is 2.82 bits per heavy atom. The van der Waals surface area contributed by atoms with Crippen LogP contribution < -0.4 is 5.32 Å². The van der Waals surface area contributed by atoms with Gasteiger partial charge in [-0.3, -0.25) is 10.1 Å². The van der Waals surface area contributed by atoms with Crippen LogP contribution in [0.15, 0.2) is 22.8 Å². The molecule has 0 amide bonds. The molecule has 0 saturated heterocycles. The summed E-state index contributed by atoms with van der Waals surface area (Å²) in [5.74, 6) is -0.714. The molecule has 0 aliphatic rings. The standard InChI is InChI=1S/C12H17BrN2O2/c1-3-8(2)11(12(16)17)14-7-9-5-4-6-10(13)15-9/h4-6,8,11,14H,3,7H2,1-2H3,(H,16,17). The van der Waals surface area contributed by atoms with Crippen LogP contribution in [-0.2, 0) is 11.3 Å². The molecule has 0 fully saturated rings. The lowest BCUT2D eigenvalue weighted by Crippen LogP contribution is -2.41. The highest BCUT2D eigenvalue weighted by Gasteiger charge is 2.22. The van der Waals surface area contributed by atoms with Crippen LogP contribution in [0.5, 0.6) is 0 Å². The molecule has 0 spiro atoms. The Morgan fingerprint density at radius 1 is 1.59 bits per heavy atom. The van der Waals surface area contributed by atoms with Gasteiger partial charge in [0.2, 0.25) is 0 Å². The number of carbonyl (C=O) groups is 1. The van der Waals surface area contributed by atoms with Crippen molar-refractivity contribution < 1.29 is 9.90 Å². The zero-order valence-electron chi connectivity index (χ0n) is 9.98. The van der Waals surface area contributed by atoms with Gasteiger partial charge in [-0.15, -0.1) is 0 Å². The lowest BCUT2D eigenvalue weighted by atomic mass is 9.99. The van der Waals surface area contributed by atoms with Gasteiger partial charge in [0.15, 0.2) is 0 Å². The Morgan fingerprint density at radius 2 is 2.29 bits per heavy atom. The maximum Gasteiger partial charge on any atom is 0.320 e. The Hall–Kier alpha value is -0.940. The van der Waals surface area contributed by atoms with E-state index in [9.17, 15) is 4.79 Å². The van der Waals surface area contributed by atoms with E-state index in [1.165, 1.54) is 0 Å². The van der Waals surface area contributed by atoms with E-state index in [0.29, 0.717) is 6.54 Å². The Kier molecular flexibility index (Phi) is 5.58. The van der Waals surface area contributed by atoms with Gasteiger partial charge in [-0.05, 0) is 34.0 Å². The number of halogens is 1. The average molecular weight is 301 g/mol. The monoisotopic (exact) mass is 300 g/mol. The van der Waals surface area contributed by atoms with Crippen molar-refractivity contribution in [3.8, 4) is 0 Å². The number of pyridine rings is 1. The summed E-state index contributed by atoms with van der Waals surface area (Å²) < 4.78 is 0.757. The summed E-state index contributed by atoms with van der Waals surface area (Å²) in [6, 6.07) is 5.06. The van der Waals surface area contributed by atoms with Crippen LogP contribution >= 0.6 is 15.9 Å². The highest BCUT2D eigenvalue weighted by atomic mass is 79.9. The number of carboxylic acid groups (broad SMARTS) is 1.